The lowest BCUT2D eigenvalue weighted by Gasteiger charge is -2.14. The minimum atomic E-state index is -4.44. The van der Waals surface area contributed by atoms with Crippen LogP contribution in [0.25, 0.3) is 0 Å². The molecule has 0 aromatic heterocycles. The van der Waals surface area contributed by atoms with Crippen LogP contribution in [-0.2, 0) is 11.2 Å². The van der Waals surface area contributed by atoms with Gasteiger partial charge in [0.05, 0.1) is 0 Å². The fraction of sp³-hybridized carbons (Fsp3) is 0.417. The number of carbonyl (C=O) groups is 1. The molecule has 1 aromatic carbocycles. The molecule has 0 aliphatic heterocycles. The highest BCUT2D eigenvalue weighted by atomic mass is 19.4. The maximum atomic E-state index is 11.9. The summed E-state index contributed by atoms with van der Waals surface area (Å²) in [7, 11) is 0. The highest BCUT2D eigenvalue weighted by Crippen LogP contribution is 2.26. The number of hydrogen-bond acceptors (Lipinski definition) is 3. The van der Waals surface area contributed by atoms with E-state index < -0.39 is 24.5 Å². The van der Waals surface area contributed by atoms with Gasteiger partial charge in [0.1, 0.15) is 6.54 Å². The molecule has 0 bridgehead atoms. The molecule has 7 heteroatoms. The number of alkyl halides is 3. The van der Waals surface area contributed by atoms with Crippen molar-refractivity contribution < 1.29 is 28.2 Å². The summed E-state index contributed by atoms with van der Waals surface area (Å²) >= 11 is 0. The van der Waals surface area contributed by atoms with E-state index in [0.29, 0.717) is 5.56 Å². The van der Waals surface area contributed by atoms with Crippen LogP contribution >= 0.6 is 0 Å². The molecule has 0 spiro atoms. The van der Waals surface area contributed by atoms with E-state index >= 15 is 0 Å². The van der Waals surface area contributed by atoms with Crippen LogP contribution in [0.4, 0.5) is 13.2 Å². The van der Waals surface area contributed by atoms with Gasteiger partial charge < -0.3 is 15.5 Å². The molecule has 4 nitrogen and oxygen atoms in total. The molecular weight excluding hydrogens is 263 g/mol. The van der Waals surface area contributed by atoms with E-state index in [4.69, 9.17) is 5.11 Å². The van der Waals surface area contributed by atoms with E-state index in [0.717, 1.165) is 0 Å². The lowest BCUT2D eigenvalue weighted by atomic mass is 10.00. The smallest absolute Gasteiger partial charge is 0.405 e. The monoisotopic (exact) mass is 277 g/mol. The van der Waals surface area contributed by atoms with Crippen molar-refractivity contribution in [3.8, 4) is 11.5 Å². The normalized spacial score (nSPS) is 13.1. The molecule has 1 unspecified atom stereocenters. The zero-order valence-corrected chi connectivity index (χ0v) is 10.2. The van der Waals surface area contributed by atoms with E-state index in [9.17, 15) is 23.1 Å². The van der Waals surface area contributed by atoms with Gasteiger partial charge in [0, 0.05) is 5.92 Å². The van der Waals surface area contributed by atoms with E-state index in [1.165, 1.54) is 25.1 Å². The molecule has 0 aliphatic rings. The molecule has 1 rings (SSSR count). The maximum absolute atomic E-state index is 11.9. The summed E-state index contributed by atoms with van der Waals surface area (Å²) in [5, 5.41) is 20.2. The molecule has 1 atom stereocenters. The first-order chi connectivity index (χ1) is 8.69. The van der Waals surface area contributed by atoms with Gasteiger partial charge in [-0.25, -0.2) is 0 Å². The van der Waals surface area contributed by atoms with Crippen molar-refractivity contribution in [2.75, 3.05) is 6.54 Å². The van der Waals surface area contributed by atoms with Crippen LogP contribution in [0, 0.1) is 5.92 Å². The number of phenols is 2. The van der Waals surface area contributed by atoms with Gasteiger partial charge in [-0.1, -0.05) is 13.0 Å². The molecule has 0 aliphatic carbocycles. The van der Waals surface area contributed by atoms with Gasteiger partial charge in [-0.05, 0) is 24.1 Å². The first kappa shape index (κ1) is 15.1. The van der Waals surface area contributed by atoms with Crippen LogP contribution < -0.4 is 5.32 Å². The largest absolute Gasteiger partial charge is 0.504 e. The fourth-order valence-corrected chi connectivity index (χ4v) is 1.50. The quantitative estimate of drug-likeness (QED) is 0.737. The van der Waals surface area contributed by atoms with Gasteiger partial charge >= 0.3 is 6.18 Å². The van der Waals surface area contributed by atoms with Crippen LogP contribution in [0.3, 0.4) is 0 Å². The lowest BCUT2D eigenvalue weighted by molar-refractivity contribution is -0.140. The second kappa shape index (κ2) is 5.81. The molecule has 0 heterocycles. The van der Waals surface area contributed by atoms with E-state index in [1.807, 2.05) is 0 Å². The zero-order valence-electron chi connectivity index (χ0n) is 10.2. The number of nitrogens with one attached hydrogen (secondary N) is 1. The van der Waals surface area contributed by atoms with Gasteiger partial charge in [0.25, 0.3) is 0 Å². The van der Waals surface area contributed by atoms with Crippen molar-refractivity contribution >= 4 is 5.91 Å². The standard InChI is InChI=1S/C12H14F3NO3/c1-7(11(19)16-6-12(13,14)15)4-8-2-3-9(17)10(18)5-8/h2-3,5,7,17-18H,4,6H2,1H3,(H,16,19). The lowest BCUT2D eigenvalue weighted by Crippen LogP contribution is -2.37. The molecule has 106 valence electrons. The van der Waals surface area contributed by atoms with Gasteiger partial charge in [0.15, 0.2) is 11.5 Å². The highest BCUT2D eigenvalue weighted by molar-refractivity contribution is 5.78. The summed E-state index contributed by atoms with van der Waals surface area (Å²) in [4.78, 5) is 11.4. The van der Waals surface area contributed by atoms with E-state index in [-0.39, 0.29) is 17.9 Å². The van der Waals surface area contributed by atoms with Crippen LogP contribution in [-0.4, -0.2) is 28.8 Å². The van der Waals surface area contributed by atoms with Crippen molar-refractivity contribution in [2.45, 2.75) is 19.5 Å². The van der Waals surface area contributed by atoms with Crippen LogP contribution in [0.2, 0.25) is 0 Å². The molecule has 0 saturated carbocycles. The van der Waals surface area contributed by atoms with Crippen LogP contribution in [0.1, 0.15) is 12.5 Å². The topological polar surface area (TPSA) is 69.6 Å². The van der Waals surface area contributed by atoms with Crippen molar-refractivity contribution in [3.63, 3.8) is 0 Å². The molecular formula is C12H14F3NO3. The molecule has 19 heavy (non-hydrogen) atoms. The Balaban J connectivity index is 2.56. The molecule has 0 radical (unpaired) electrons. The van der Waals surface area contributed by atoms with Gasteiger partial charge in [0.2, 0.25) is 5.91 Å². The van der Waals surface area contributed by atoms with Gasteiger partial charge in [-0.3, -0.25) is 4.79 Å². The highest BCUT2D eigenvalue weighted by Gasteiger charge is 2.28. The summed E-state index contributed by atoms with van der Waals surface area (Å²) in [6.07, 6.45) is -4.27. The minimum Gasteiger partial charge on any atom is -0.504 e. The van der Waals surface area contributed by atoms with Crippen LogP contribution in [0.5, 0.6) is 11.5 Å². The summed E-state index contributed by atoms with van der Waals surface area (Å²) in [5.41, 5.74) is 0.546. The Morgan fingerprint density at radius 3 is 2.47 bits per heavy atom. The predicted octanol–water partition coefficient (Wildman–Crippen LogP) is 1.95. The summed E-state index contributed by atoms with van der Waals surface area (Å²) < 4.78 is 35.8. The Hall–Kier alpha value is -1.92. The van der Waals surface area contributed by atoms with Crippen molar-refractivity contribution in [3.05, 3.63) is 23.8 Å². The third-order valence-electron chi connectivity index (χ3n) is 2.49. The summed E-state index contributed by atoms with van der Waals surface area (Å²) in [6.45, 7) is 0.118. The molecule has 0 fully saturated rings. The number of carbonyl (C=O) groups excluding carboxylic acids is 1. The van der Waals surface area contributed by atoms with Crippen molar-refractivity contribution in [1.29, 1.82) is 0 Å². The number of aromatic hydroxyl groups is 2. The van der Waals surface area contributed by atoms with E-state index in [1.54, 1.807) is 5.32 Å². The van der Waals surface area contributed by atoms with Crippen LogP contribution in [0.15, 0.2) is 18.2 Å². The number of hydrogen-bond donors (Lipinski definition) is 3. The Labute approximate surface area is 107 Å². The Bertz CT molecular complexity index is 460. The SMILES string of the molecule is CC(Cc1ccc(O)c(O)c1)C(=O)NCC(F)(F)F. The molecule has 1 aromatic rings. The number of rotatable bonds is 4. The predicted molar refractivity (Wildman–Crippen MR) is 61.7 cm³/mol. The maximum Gasteiger partial charge on any atom is 0.405 e. The Morgan fingerprint density at radius 1 is 1.32 bits per heavy atom. The van der Waals surface area contributed by atoms with Gasteiger partial charge in [-0.2, -0.15) is 13.2 Å². The Morgan fingerprint density at radius 2 is 1.95 bits per heavy atom. The Kier molecular flexibility index (Phi) is 4.63. The van der Waals surface area contributed by atoms with E-state index in [2.05, 4.69) is 0 Å². The van der Waals surface area contributed by atoms with Crippen molar-refractivity contribution in [2.24, 2.45) is 5.92 Å². The second-order valence-corrected chi connectivity index (χ2v) is 4.26. The third-order valence-corrected chi connectivity index (χ3v) is 2.49. The first-order valence-corrected chi connectivity index (χ1v) is 5.54. The zero-order chi connectivity index (χ0) is 14.6. The number of halogens is 3. The third kappa shape index (κ3) is 5.07. The number of amides is 1. The average molecular weight is 277 g/mol. The van der Waals surface area contributed by atoms with Crippen molar-refractivity contribution in [1.82, 2.24) is 5.32 Å². The molecule has 1 amide bonds. The summed E-state index contributed by atoms with van der Waals surface area (Å²) in [5.74, 6) is -2.02. The average Bonchev–Trinajstić information content (AvgIpc) is 2.29. The molecule has 0 saturated heterocycles. The number of phenolic OH excluding ortho intramolecular Hbond substituents is 2. The number of benzene rings is 1. The second-order valence-electron chi connectivity index (χ2n) is 4.26. The molecule has 3 N–H and O–H groups in total. The summed E-state index contributed by atoms with van der Waals surface area (Å²) in [6, 6.07) is 4.01. The fourth-order valence-electron chi connectivity index (χ4n) is 1.50. The van der Waals surface area contributed by atoms with Gasteiger partial charge in [-0.15, -0.1) is 0 Å². The first-order valence-electron chi connectivity index (χ1n) is 5.54. The minimum absolute atomic E-state index is 0.164.